The second-order valence-corrected chi connectivity index (χ2v) is 9.44. The first-order valence-electron chi connectivity index (χ1n) is 10.5. The molecule has 3 aromatic rings. The Balaban J connectivity index is 1.85. The number of ether oxygens (including phenoxy) is 1. The zero-order chi connectivity index (χ0) is 24.9. The van der Waals surface area contributed by atoms with E-state index in [2.05, 4.69) is 30.7 Å². The van der Waals surface area contributed by atoms with Crippen LogP contribution in [0, 0.1) is 0 Å². The van der Waals surface area contributed by atoms with Gasteiger partial charge in [-0.3, -0.25) is 4.79 Å². The maximum absolute atomic E-state index is 12.8. The van der Waals surface area contributed by atoms with Gasteiger partial charge in [0.25, 0.3) is 0 Å². The second-order valence-electron chi connectivity index (χ2n) is 8.56. The molecule has 0 spiro atoms. The average molecular weight is 487 g/mol. The molecule has 1 aromatic heterocycles. The highest BCUT2D eigenvalue weighted by Gasteiger charge is 2.30. The largest absolute Gasteiger partial charge is 0.437 e. The predicted molar refractivity (Wildman–Crippen MR) is 130 cm³/mol. The molecule has 0 amide bonds. The number of Topliss-reactive ketones (excluding diaryl/α,β-unsaturated/α-hetero) is 1. The summed E-state index contributed by atoms with van der Waals surface area (Å²) in [5.74, 6) is 0.635. The van der Waals surface area contributed by atoms with E-state index in [0.717, 1.165) is 17.7 Å². The van der Waals surface area contributed by atoms with Gasteiger partial charge in [-0.15, -0.1) is 11.8 Å². The number of thioether (sulfide) groups is 1. The van der Waals surface area contributed by atoms with Crippen molar-refractivity contribution in [3.63, 3.8) is 0 Å². The molecule has 0 fully saturated rings. The van der Waals surface area contributed by atoms with Crippen molar-refractivity contribution in [2.45, 2.75) is 38.8 Å². The van der Waals surface area contributed by atoms with Crippen LogP contribution in [0.2, 0.25) is 0 Å². The van der Waals surface area contributed by atoms with Crippen LogP contribution in [0.1, 0.15) is 48.7 Å². The number of para-hydroxylation sites is 1. The van der Waals surface area contributed by atoms with Crippen LogP contribution in [-0.4, -0.2) is 22.1 Å². The van der Waals surface area contributed by atoms with E-state index in [1.54, 1.807) is 24.6 Å². The third kappa shape index (κ3) is 6.47. The van der Waals surface area contributed by atoms with Crippen LogP contribution in [0.15, 0.2) is 71.9 Å². The van der Waals surface area contributed by atoms with Gasteiger partial charge in [-0.2, -0.15) is 13.2 Å². The zero-order valence-corrected chi connectivity index (χ0v) is 20.1. The van der Waals surface area contributed by atoms with Crippen molar-refractivity contribution >= 4 is 28.3 Å². The number of rotatable bonds is 6. The number of benzene rings is 2. The highest BCUT2D eigenvalue weighted by atomic mass is 32.2. The van der Waals surface area contributed by atoms with Crippen LogP contribution < -0.4 is 4.74 Å². The first kappa shape index (κ1) is 25.5. The minimum Gasteiger partial charge on any atom is -0.437 e. The molecule has 0 atom stereocenters. The average Bonchev–Trinajstić information content (AvgIpc) is 2.79. The Kier molecular flexibility index (Phi) is 7.82. The number of carbonyl (C=O) groups is 1. The third-order valence-electron chi connectivity index (χ3n) is 4.98. The van der Waals surface area contributed by atoms with E-state index in [9.17, 15) is 18.0 Å². The number of hydrogen-bond donors (Lipinski definition) is 0. The SMILES string of the molecule is CSC(CC(=O)c1ccc(C(F)(F)F)cc1)=Nc1cccnc1Oc1ccccc1C(C)(C)C. The molecule has 8 heteroatoms. The summed E-state index contributed by atoms with van der Waals surface area (Å²) in [6.45, 7) is 6.27. The molecule has 0 aliphatic rings. The van der Waals surface area contributed by atoms with Gasteiger partial charge in [0.15, 0.2) is 5.78 Å². The van der Waals surface area contributed by atoms with Crippen LogP contribution in [0.25, 0.3) is 0 Å². The van der Waals surface area contributed by atoms with Crippen LogP contribution in [0.5, 0.6) is 11.6 Å². The molecule has 4 nitrogen and oxygen atoms in total. The molecular formula is C26H25F3N2O2S. The number of alkyl halides is 3. The molecule has 3 rings (SSSR count). The summed E-state index contributed by atoms with van der Waals surface area (Å²) in [5.41, 5.74) is 0.716. The Hall–Kier alpha value is -3.13. The van der Waals surface area contributed by atoms with E-state index < -0.39 is 11.7 Å². The normalized spacial score (nSPS) is 12.5. The Labute approximate surface area is 201 Å². The van der Waals surface area contributed by atoms with Gasteiger partial charge in [-0.25, -0.2) is 9.98 Å². The summed E-state index contributed by atoms with van der Waals surface area (Å²) in [5, 5.41) is 0.492. The van der Waals surface area contributed by atoms with Crippen molar-refractivity contribution in [3.05, 3.63) is 83.6 Å². The van der Waals surface area contributed by atoms with Gasteiger partial charge in [0.2, 0.25) is 5.88 Å². The fourth-order valence-electron chi connectivity index (χ4n) is 3.20. The van der Waals surface area contributed by atoms with Crippen molar-refractivity contribution < 1.29 is 22.7 Å². The van der Waals surface area contributed by atoms with Crippen molar-refractivity contribution in [1.82, 2.24) is 4.98 Å². The highest BCUT2D eigenvalue weighted by molar-refractivity contribution is 8.13. The Morgan fingerprint density at radius 2 is 1.68 bits per heavy atom. The monoisotopic (exact) mass is 486 g/mol. The van der Waals surface area contributed by atoms with Gasteiger partial charge in [0.05, 0.1) is 17.0 Å². The first-order valence-corrected chi connectivity index (χ1v) is 11.8. The quantitative estimate of drug-likeness (QED) is 0.202. The molecule has 0 bridgehead atoms. The lowest BCUT2D eigenvalue weighted by molar-refractivity contribution is -0.137. The summed E-state index contributed by atoms with van der Waals surface area (Å²) in [7, 11) is 0. The molecule has 0 radical (unpaired) electrons. The Morgan fingerprint density at radius 1 is 1.00 bits per heavy atom. The summed E-state index contributed by atoms with van der Waals surface area (Å²) in [6, 6.07) is 15.3. The first-order chi connectivity index (χ1) is 16.0. The molecular weight excluding hydrogens is 461 g/mol. The van der Waals surface area contributed by atoms with Crippen molar-refractivity contribution in [2.24, 2.45) is 4.99 Å². The molecule has 178 valence electrons. The number of carbonyl (C=O) groups excluding carboxylic acids is 1. The number of aromatic nitrogens is 1. The van der Waals surface area contributed by atoms with Crippen molar-refractivity contribution in [3.8, 4) is 11.6 Å². The third-order valence-corrected chi connectivity index (χ3v) is 5.69. The standard InChI is InChI=1S/C26H25F3N2O2S/c1-25(2,3)19-8-5-6-10-22(19)33-24-20(9-7-15-30-24)31-23(34-4)16-21(32)17-11-13-18(14-12-17)26(27,28)29/h5-15H,16H2,1-4H3. The maximum atomic E-state index is 12.8. The minimum absolute atomic E-state index is 0.0561. The number of aliphatic imine (C=N–C) groups is 1. The second kappa shape index (κ2) is 10.4. The zero-order valence-electron chi connectivity index (χ0n) is 19.3. The van der Waals surface area contributed by atoms with Gasteiger partial charge >= 0.3 is 6.18 Å². The van der Waals surface area contributed by atoms with Gasteiger partial charge in [-0.05, 0) is 42.0 Å². The fraction of sp³-hybridized carbons (Fsp3) is 0.269. The fourth-order valence-corrected chi connectivity index (χ4v) is 3.67. The molecule has 0 aliphatic heterocycles. The van der Waals surface area contributed by atoms with E-state index >= 15 is 0 Å². The molecule has 0 saturated carbocycles. The van der Waals surface area contributed by atoms with Crippen LogP contribution in [0.4, 0.5) is 18.9 Å². The number of halogens is 3. The number of nitrogens with zero attached hydrogens (tertiary/aromatic N) is 2. The molecule has 34 heavy (non-hydrogen) atoms. The van der Waals surface area contributed by atoms with Crippen LogP contribution >= 0.6 is 11.8 Å². The van der Waals surface area contributed by atoms with Crippen LogP contribution in [-0.2, 0) is 11.6 Å². The van der Waals surface area contributed by atoms with Crippen molar-refractivity contribution in [1.29, 1.82) is 0 Å². The van der Waals surface area contributed by atoms with Gasteiger partial charge < -0.3 is 4.74 Å². The van der Waals surface area contributed by atoms with Gasteiger partial charge in [0.1, 0.15) is 11.4 Å². The predicted octanol–water partition coefficient (Wildman–Crippen LogP) is 7.86. The molecule has 0 unspecified atom stereocenters. The highest BCUT2D eigenvalue weighted by Crippen LogP contribution is 2.37. The molecule has 0 N–H and O–H groups in total. The van der Waals surface area contributed by atoms with E-state index in [4.69, 9.17) is 4.74 Å². The van der Waals surface area contributed by atoms with E-state index in [1.165, 1.54) is 23.9 Å². The van der Waals surface area contributed by atoms with Gasteiger partial charge in [-0.1, -0.05) is 51.1 Å². The van der Waals surface area contributed by atoms with Crippen LogP contribution in [0.3, 0.4) is 0 Å². The number of ketones is 1. The van der Waals surface area contributed by atoms with E-state index in [0.29, 0.717) is 22.4 Å². The van der Waals surface area contributed by atoms with Crippen molar-refractivity contribution in [2.75, 3.05) is 6.26 Å². The lowest BCUT2D eigenvalue weighted by atomic mass is 9.86. The summed E-state index contributed by atoms with van der Waals surface area (Å²) < 4.78 is 44.5. The summed E-state index contributed by atoms with van der Waals surface area (Å²) >= 11 is 1.28. The smallest absolute Gasteiger partial charge is 0.416 e. The lowest BCUT2D eigenvalue weighted by Crippen LogP contribution is -2.12. The number of hydrogen-bond acceptors (Lipinski definition) is 5. The number of pyridine rings is 1. The molecule has 2 aromatic carbocycles. The Bertz CT molecular complexity index is 1180. The Morgan fingerprint density at radius 3 is 2.29 bits per heavy atom. The summed E-state index contributed by atoms with van der Waals surface area (Å²) in [4.78, 5) is 21.6. The van der Waals surface area contributed by atoms with Gasteiger partial charge in [0, 0.05) is 17.3 Å². The topological polar surface area (TPSA) is 51.5 Å². The van der Waals surface area contributed by atoms with E-state index in [-0.39, 0.29) is 23.2 Å². The maximum Gasteiger partial charge on any atom is 0.416 e. The molecule has 0 saturated heterocycles. The van der Waals surface area contributed by atoms with E-state index in [1.807, 2.05) is 24.3 Å². The minimum atomic E-state index is -4.45. The molecule has 1 heterocycles. The summed E-state index contributed by atoms with van der Waals surface area (Å²) in [6.07, 6.45) is -1.12. The lowest BCUT2D eigenvalue weighted by Gasteiger charge is -2.22. The molecule has 0 aliphatic carbocycles.